The van der Waals surface area contributed by atoms with Crippen LogP contribution in [0.2, 0.25) is 0 Å². The highest BCUT2D eigenvalue weighted by molar-refractivity contribution is 5.04. The molecule has 0 saturated heterocycles. The van der Waals surface area contributed by atoms with Crippen LogP contribution in [0.1, 0.15) is 38.9 Å². The number of rotatable bonds is 3. The minimum atomic E-state index is -0.542. The molecule has 2 rings (SSSR count). The van der Waals surface area contributed by atoms with Gasteiger partial charge in [0.25, 0.3) is 0 Å². The van der Waals surface area contributed by atoms with Gasteiger partial charge in [-0.2, -0.15) is 4.98 Å². The minimum Gasteiger partial charge on any atom is -0.338 e. The van der Waals surface area contributed by atoms with Gasteiger partial charge in [0.05, 0.1) is 12.1 Å². The summed E-state index contributed by atoms with van der Waals surface area (Å²) >= 11 is 0. The lowest BCUT2D eigenvalue weighted by molar-refractivity contribution is 0.239. The van der Waals surface area contributed by atoms with Crippen molar-refractivity contribution in [1.29, 1.82) is 0 Å². The van der Waals surface area contributed by atoms with E-state index in [2.05, 4.69) is 28.0 Å². The van der Waals surface area contributed by atoms with E-state index in [4.69, 9.17) is 10.3 Å². The van der Waals surface area contributed by atoms with Crippen LogP contribution < -0.4 is 5.73 Å². The van der Waals surface area contributed by atoms with Crippen LogP contribution in [0.3, 0.4) is 0 Å². The molecule has 1 aromatic heterocycles. The second kappa shape index (κ2) is 4.58. The lowest BCUT2D eigenvalue weighted by Gasteiger charge is -2.23. The van der Waals surface area contributed by atoms with E-state index < -0.39 is 5.54 Å². The molecule has 2 heterocycles. The third-order valence-corrected chi connectivity index (χ3v) is 2.92. The highest BCUT2D eigenvalue weighted by atomic mass is 16.5. The third-order valence-electron chi connectivity index (χ3n) is 2.92. The van der Waals surface area contributed by atoms with Gasteiger partial charge in [-0.1, -0.05) is 16.8 Å². The van der Waals surface area contributed by atoms with Crippen LogP contribution in [0.5, 0.6) is 0 Å². The van der Waals surface area contributed by atoms with Crippen LogP contribution >= 0.6 is 0 Å². The zero-order chi connectivity index (χ0) is 12.5. The molecule has 0 unspecified atom stereocenters. The summed E-state index contributed by atoms with van der Waals surface area (Å²) in [5.74, 6) is 1.21. The average Bonchev–Trinajstić information content (AvgIpc) is 2.69. The van der Waals surface area contributed by atoms with Gasteiger partial charge in [0.2, 0.25) is 5.89 Å². The van der Waals surface area contributed by atoms with Crippen molar-refractivity contribution in [3.63, 3.8) is 0 Å². The summed E-state index contributed by atoms with van der Waals surface area (Å²) in [6.45, 7) is 8.61. The number of hydrogen-bond donors (Lipinski definition) is 1. The molecule has 0 aliphatic carbocycles. The number of aromatic nitrogens is 2. The summed E-state index contributed by atoms with van der Waals surface area (Å²) in [6.07, 6.45) is 3.36. The van der Waals surface area contributed by atoms with Gasteiger partial charge in [-0.3, -0.25) is 4.90 Å². The van der Waals surface area contributed by atoms with Gasteiger partial charge < -0.3 is 10.3 Å². The van der Waals surface area contributed by atoms with E-state index in [0.29, 0.717) is 18.3 Å². The first-order valence-corrected chi connectivity index (χ1v) is 5.95. The van der Waals surface area contributed by atoms with E-state index in [1.807, 2.05) is 13.8 Å². The van der Waals surface area contributed by atoms with E-state index in [0.717, 1.165) is 19.5 Å². The van der Waals surface area contributed by atoms with Crippen LogP contribution in [-0.4, -0.2) is 28.1 Å². The molecule has 1 aliphatic rings. The maximum atomic E-state index is 5.91. The van der Waals surface area contributed by atoms with Gasteiger partial charge in [-0.25, -0.2) is 0 Å². The fourth-order valence-electron chi connectivity index (χ4n) is 1.73. The Balaban J connectivity index is 1.98. The standard InChI is InChI=1S/C12H20N4O/c1-9-4-6-16(7-5-9)8-10-14-11(15-17-10)12(2,3)13/h4H,5-8,13H2,1-3H3. The molecule has 0 saturated carbocycles. The van der Waals surface area contributed by atoms with Crippen molar-refractivity contribution in [2.24, 2.45) is 5.73 Å². The first kappa shape index (κ1) is 12.3. The summed E-state index contributed by atoms with van der Waals surface area (Å²) in [5, 5.41) is 3.91. The molecule has 1 aliphatic heterocycles. The van der Waals surface area contributed by atoms with Crippen molar-refractivity contribution in [2.75, 3.05) is 13.1 Å². The summed E-state index contributed by atoms with van der Waals surface area (Å²) < 4.78 is 5.22. The summed E-state index contributed by atoms with van der Waals surface area (Å²) in [6, 6.07) is 0. The van der Waals surface area contributed by atoms with Gasteiger partial charge in [-0.05, 0) is 27.2 Å². The molecule has 17 heavy (non-hydrogen) atoms. The second-order valence-corrected chi connectivity index (χ2v) is 5.27. The molecule has 5 heteroatoms. The summed E-state index contributed by atoms with van der Waals surface area (Å²) in [5.41, 5.74) is 6.83. The van der Waals surface area contributed by atoms with Gasteiger partial charge >= 0.3 is 0 Å². The Morgan fingerprint density at radius 1 is 1.53 bits per heavy atom. The highest BCUT2D eigenvalue weighted by Gasteiger charge is 2.22. The van der Waals surface area contributed by atoms with Crippen LogP contribution in [0.4, 0.5) is 0 Å². The maximum Gasteiger partial charge on any atom is 0.240 e. The monoisotopic (exact) mass is 236 g/mol. The van der Waals surface area contributed by atoms with Crippen molar-refractivity contribution in [2.45, 2.75) is 39.3 Å². The molecular weight excluding hydrogens is 216 g/mol. The number of nitrogens with zero attached hydrogens (tertiary/aromatic N) is 3. The van der Waals surface area contributed by atoms with Crippen molar-refractivity contribution in [3.05, 3.63) is 23.4 Å². The van der Waals surface area contributed by atoms with Crippen LogP contribution in [0.15, 0.2) is 16.2 Å². The smallest absolute Gasteiger partial charge is 0.240 e. The van der Waals surface area contributed by atoms with E-state index in [-0.39, 0.29) is 0 Å². The van der Waals surface area contributed by atoms with Crippen LogP contribution in [0.25, 0.3) is 0 Å². The van der Waals surface area contributed by atoms with Crippen LogP contribution in [-0.2, 0) is 12.1 Å². The van der Waals surface area contributed by atoms with Gasteiger partial charge in [0.1, 0.15) is 0 Å². The van der Waals surface area contributed by atoms with Crippen LogP contribution in [0, 0.1) is 0 Å². The Hall–Kier alpha value is -1.20. The number of hydrogen-bond acceptors (Lipinski definition) is 5. The van der Waals surface area contributed by atoms with Crippen molar-refractivity contribution in [1.82, 2.24) is 15.0 Å². The van der Waals surface area contributed by atoms with Gasteiger partial charge in [0.15, 0.2) is 5.82 Å². The quantitative estimate of drug-likeness (QED) is 0.804. The Morgan fingerprint density at radius 2 is 2.29 bits per heavy atom. The molecule has 0 amide bonds. The molecule has 0 fully saturated rings. The van der Waals surface area contributed by atoms with E-state index in [9.17, 15) is 0 Å². The minimum absolute atomic E-state index is 0.542. The lowest BCUT2D eigenvalue weighted by atomic mass is 10.1. The molecular formula is C12H20N4O. The molecule has 5 nitrogen and oxygen atoms in total. The average molecular weight is 236 g/mol. The SMILES string of the molecule is CC1=CCN(Cc2nc(C(C)(C)N)no2)CC1. The maximum absolute atomic E-state index is 5.91. The fraction of sp³-hybridized carbons (Fsp3) is 0.667. The predicted octanol–water partition coefficient (Wildman–Crippen LogP) is 1.42. The molecule has 1 aromatic rings. The molecule has 2 N–H and O–H groups in total. The van der Waals surface area contributed by atoms with Gasteiger partial charge in [0, 0.05) is 13.1 Å². The normalized spacial score (nSPS) is 18.2. The molecule has 0 atom stereocenters. The molecule has 0 spiro atoms. The largest absolute Gasteiger partial charge is 0.338 e. The topological polar surface area (TPSA) is 68.2 Å². The van der Waals surface area contributed by atoms with Gasteiger partial charge in [-0.15, -0.1) is 0 Å². The first-order valence-electron chi connectivity index (χ1n) is 5.95. The van der Waals surface area contributed by atoms with Crippen molar-refractivity contribution < 1.29 is 4.52 Å². The molecule has 0 bridgehead atoms. The zero-order valence-electron chi connectivity index (χ0n) is 10.7. The first-order chi connectivity index (χ1) is 7.95. The van der Waals surface area contributed by atoms with E-state index >= 15 is 0 Å². The van der Waals surface area contributed by atoms with Crippen molar-refractivity contribution >= 4 is 0 Å². The Kier molecular flexibility index (Phi) is 3.31. The molecule has 94 valence electrons. The Bertz CT molecular complexity index is 416. The Labute approximate surface area is 102 Å². The fourth-order valence-corrected chi connectivity index (χ4v) is 1.73. The highest BCUT2D eigenvalue weighted by Crippen LogP contribution is 2.15. The van der Waals surface area contributed by atoms with E-state index in [1.165, 1.54) is 5.57 Å². The summed E-state index contributed by atoms with van der Waals surface area (Å²) in [7, 11) is 0. The lowest BCUT2D eigenvalue weighted by Crippen LogP contribution is -2.30. The molecule has 0 radical (unpaired) electrons. The second-order valence-electron chi connectivity index (χ2n) is 5.27. The molecule has 0 aromatic carbocycles. The number of nitrogens with two attached hydrogens (primary N) is 1. The Morgan fingerprint density at radius 3 is 2.82 bits per heavy atom. The third kappa shape index (κ3) is 3.14. The predicted molar refractivity (Wildman–Crippen MR) is 65.2 cm³/mol. The summed E-state index contributed by atoms with van der Waals surface area (Å²) in [4.78, 5) is 6.62. The van der Waals surface area contributed by atoms with Crippen molar-refractivity contribution in [3.8, 4) is 0 Å². The zero-order valence-corrected chi connectivity index (χ0v) is 10.7. The van der Waals surface area contributed by atoms with E-state index in [1.54, 1.807) is 0 Å².